The number of aromatic amines is 1. The highest BCUT2D eigenvalue weighted by atomic mass is 35.5. The zero-order chi connectivity index (χ0) is 12.3. The fourth-order valence-electron chi connectivity index (χ4n) is 1.41. The monoisotopic (exact) mass is 250 g/mol. The summed E-state index contributed by atoms with van der Waals surface area (Å²) in [5.41, 5.74) is 1.32. The SMILES string of the molecule is CC(NC(=O)c1ccncc1Cl)c1cn[nH]c1. The molecule has 0 radical (unpaired) electrons. The summed E-state index contributed by atoms with van der Waals surface area (Å²) in [6.07, 6.45) is 6.38. The number of pyridine rings is 1. The Hall–Kier alpha value is -1.88. The van der Waals surface area contributed by atoms with Crippen LogP contribution in [-0.2, 0) is 0 Å². The van der Waals surface area contributed by atoms with Crippen molar-refractivity contribution in [3.05, 3.63) is 47.0 Å². The van der Waals surface area contributed by atoms with Crippen LogP contribution in [-0.4, -0.2) is 21.1 Å². The topological polar surface area (TPSA) is 70.7 Å². The van der Waals surface area contributed by atoms with Gasteiger partial charge in [-0.05, 0) is 13.0 Å². The first-order valence-electron chi connectivity index (χ1n) is 5.07. The van der Waals surface area contributed by atoms with Crippen LogP contribution in [0.2, 0.25) is 5.02 Å². The molecule has 0 aliphatic carbocycles. The van der Waals surface area contributed by atoms with Crippen molar-refractivity contribution in [2.24, 2.45) is 0 Å². The fraction of sp³-hybridized carbons (Fsp3) is 0.182. The maximum atomic E-state index is 11.9. The number of amides is 1. The second-order valence-electron chi connectivity index (χ2n) is 3.58. The van der Waals surface area contributed by atoms with Gasteiger partial charge in [0.15, 0.2) is 0 Å². The lowest BCUT2D eigenvalue weighted by Crippen LogP contribution is -2.26. The van der Waals surface area contributed by atoms with Gasteiger partial charge in [0, 0.05) is 24.2 Å². The lowest BCUT2D eigenvalue weighted by Gasteiger charge is -2.12. The minimum atomic E-state index is -0.230. The van der Waals surface area contributed by atoms with Crippen molar-refractivity contribution in [1.82, 2.24) is 20.5 Å². The predicted octanol–water partition coefficient (Wildman–Crippen LogP) is 1.95. The summed E-state index contributed by atoms with van der Waals surface area (Å²) in [6, 6.07) is 1.45. The molecule has 2 N–H and O–H groups in total. The van der Waals surface area contributed by atoms with E-state index in [2.05, 4.69) is 20.5 Å². The van der Waals surface area contributed by atoms with Crippen LogP contribution < -0.4 is 5.32 Å². The zero-order valence-electron chi connectivity index (χ0n) is 9.14. The molecular weight excluding hydrogens is 240 g/mol. The summed E-state index contributed by atoms with van der Waals surface area (Å²) < 4.78 is 0. The van der Waals surface area contributed by atoms with Crippen LogP contribution in [0.5, 0.6) is 0 Å². The van der Waals surface area contributed by atoms with Crippen LogP contribution in [0.4, 0.5) is 0 Å². The highest BCUT2D eigenvalue weighted by Gasteiger charge is 2.14. The second kappa shape index (κ2) is 4.97. The molecule has 1 amide bonds. The third kappa shape index (κ3) is 2.62. The van der Waals surface area contributed by atoms with Gasteiger partial charge in [0.2, 0.25) is 0 Å². The molecule has 17 heavy (non-hydrogen) atoms. The molecular formula is C11H11ClN4O. The zero-order valence-corrected chi connectivity index (χ0v) is 9.90. The summed E-state index contributed by atoms with van der Waals surface area (Å²) in [6.45, 7) is 1.87. The van der Waals surface area contributed by atoms with Gasteiger partial charge in [-0.3, -0.25) is 14.9 Å². The van der Waals surface area contributed by atoms with E-state index in [0.29, 0.717) is 10.6 Å². The van der Waals surface area contributed by atoms with Gasteiger partial charge in [0.25, 0.3) is 5.91 Å². The minimum absolute atomic E-state index is 0.134. The molecule has 0 spiro atoms. The first-order chi connectivity index (χ1) is 8.18. The van der Waals surface area contributed by atoms with E-state index in [1.165, 1.54) is 12.4 Å². The predicted molar refractivity (Wildman–Crippen MR) is 63.7 cm³/mol. The van der Waals surface area contributed by atoms with Crippen molar-refractivity contribution in [1.29, 1.82) is 0 Å². The second-order valence-corrected chi connectivity index (χ2v) is 3.99. The normalized spacial score (nSPS) is 12.1. The molecule has 5 nitrogen and oxygen atoms in total. The van der Waals surface area contributed by atoms with Gasteiger partial charge in [0.1, 0.15) is 0 Å². The number of carbonyl (C=O) groups excluding carboxylic acids is 1. The number of hydrogen-bond donors (Lipinski definition) is 2. The van der Waals surface area contributed by atoms with Gasteiger partial charge in [-0.1, -0.05) is 11.6 Å². The molecule has 2 heterocycles. The lowest BCUT2D eigenvalue weighted by molar-refractivity contribution is 0.0940. The summed E-state index contributed by atoms with van der Waals surface area (Å²) in [4.78, 5) is 15.7. The van der Waals surface area contributed by atoms with E-state index in [1.807, 2.05) is 6.92 Å². The van der Waals surface area contributed by atoms with Crippen molar-refractivity contribution < 1.29 is 4.79 Å². The van der Waals surface area contributed by atoms with Crippen LogP contribution in [0.15, 0.2) is 30.9 Å². The van der Waals surface area contributed by atoms with Gasteiger partial charge < -0.3 is 5.32 Å². The number of rotatable bonds is 3. The van der Waals surface area contributed by atoms with Gasteiger partial charge in [-0.15, -0.1) is 0 Å². The van der Waals surface area contributed by atoms with Crippen LogP contribution in [0, 0.1) is 0 Å². The molecule has 0 aliphatic heterocycles. The molecule has 0 aromatic carbocycles. The average molecular weight is 251 g/mol. The van der Waals surface area contributed by atoms with E-state index in [4.69, 9.17) is 11.6 Å². The van der Waals surface area contributed by atoms with Crippen LogP contribution in [0.25, 0.3) is 0 Å². The Kier molecular flexibility index (Phi) is 3.39. The molecule has 88 valence electrons. The number of carbonyl (C=O) groups is 1. The van der Waals surface area contributed by atoms with Crippen molar-refractivity contribution in [3.63, 3.8) is 0 Å². The molecule has 2 rings (SSSR count). The summed E-state index contributed by atoms with van der Waals surface area (Å²) >= 11 is 5.89. The van der Waals surface area contributed by atoms with E-state index < -0.39 is 0 Å². The Morgan fingerprint density at radius 2 is 2.35 bits per heavy atom. The molecule has 1 unspecified atom stereocenters. The first kappa shape index (κ1) is 11.6. The number of aromatic nitrogens is 3. The Labute approximate surface area is 103 Å². The van der Waals surface area contributed by atoms with Crippen molar-refractivity contribution in [2.45, 2.75) is 13.0 Å². The molecule has 6 heteroatoms. The molecule has 0 saturated carbocycles. The van der Waals surface area contributed by atoms with Gasteiger partial charge in [-0.25, -0.2) is 0 Å². The molecule has 0 aliphatic rings. The highest BCUT2D eigenvalue weighted by Crippen LogP contribution is 2.15. The smallest absolute Gasteiger partial charge is 0.253 e. The van der Waals surface area contributed by atoms with Gasteiger partial charge in [-0.2, -0.15) is 5.10 Å². The maximum absolute atomic E-state index is 11.9. The van der Waals surface area contributed by atoms with Crippen molar-refractivity contribution in [2.75, 3.05) is 0 Å². The van der Waals surface area contributed by atoms with Gasteiger partial charge >= 0.3 is 0 Å². The molecule has 0 fully saturated rings. The summed E-state index contributed by atoms with van der Waals surface area (Å²) in [5.74, 6) is -0.230. The first-order valence-corrected chi connectivity index (χ1v) is 5.45. The molecule has 0 bridgehead atoms. The fourth-order valence-corrected chi connectivity index (χ4v) is 1.62. The number of hydrogen-bond acceptors (Lipinski definition) is 3. The number of H-pyrrole nitrogens is 1. The van der Waals surface area contributed by atoms with Crippen LogP contribution >= 0.6 is 11.6 Å². The summed E-state index contributed by atoms with van der Waals surface area (Å²) in [7, 11) is 0. The van der Waals surface area contributed by atoms with E-state index >= 15 is 0 Å². The Morgan fingerprint density at radius 1 is 1.53 bits per heavy atom. The number of halogens is 1. The number of nitrogens with one attached hydrogen (secondary N) is 2. The molecule has 0 saturated heterocycles. The van der Waals surface area contributed by atoms with E-state index in [9.17, 15) is 4.79 Å². The highest BCUT2D eigenvalue weighted by molar-refractivity contribution is 6.33. The average Bonchev–Trinajstić information content (AvgIpc) is 2.82. The van der Waals surface area contributed by atoms with Crippen LogP contribution in [0.1, 0.15) is 28.9 Å². The quantitative estimate of drug-likeness (QED) is 0.875. The Balaban J connectivity index is 2.10. The Bertz CT molecular complexity index is 512. The standard InChI is InChI=1S/C11H11ClN4O/c1-7(8-4-14-15-5-8)16-11(17)9-2-3-13-6-10(9)12/h2-7H,1H3,(H,14,15)(H,16,17). The number of nitrogens with zero attached hydrogens (tertiary/aromatic N) is 2. The van der Waals surface area contributed by atoms with E-state index in [-0.39, 0.29) is 11.9 Å². The maximum Gasteiger partial charge on any atom is 0.253 e. The van der Waals surface area contributed by atoms with E-state index in [0.717, 1.165) is 5.56 Å². The largest absolute Gasteiger partial charge is 0.345 e. The Morgan fingerprint density at radius 3 is 3.00 bits per heavy atom. The van der Waals surface area contributed by atoms with E-state index in [1.54, 1.807) is 18.5 Å². The minimum Gasteiger partial charge on any atom is -0.345 e. The van der Waals surface area contributed by atoms with Crippen molar-refractivity contribution in [3.8, 4) is 0 Å². The third-order valence-electron chi connectivity index (χ3n) is 2.38. The lowest BCUT2D eigenvalue weighted by atomic mass is 10.1. The molecule has 2 aromatic heterocycles. The molecule has 2 aromatic rings. The summed E-state index contributed by atoms with van der Waals surface area (Å²) in [5, 5.41) is 9.69. The third-order valence-corrected chi connectivity index (χ3v) is 2.69. The molecule has 1 atom stereocenters. The van der Waals surface area contributed by atoms with Crippen LogP contribution in [0.3, 0.4) is 0 Å². The van der Waals surface area contributed by atoms with Crippen molar-refractivity contribution >= 4 is 17.5 Å². The van der Waals surface area contributed by atoms with Gasteiger partial charge in [0.05, 0.1) is 22.8 Å².